The minimum Gasteiger partial charge on any atom is -0.463 e. The Hall–Kier alpha value is -4.34. The molecule has 1 atom stereocenters. The van der Waals surface area contributed by atoms with Gasteiger partial charge in [0.1, 0.15) is 0 Å². The van der Waals surface area contributed by atoms with Crippen LogP contribution in [0.15, 0.2) is 63.4 Å². The fraction of sp³-hybridized carbons (Fsp3) is 0.182. The van der Waals surface area contributed by atoms with Crippen molar-refractivity contribution in [2.75, 3.05) is 20.8 Å². The van der Waals surface area contributed by atoms with Gasteiger partial charge >= 0.3 is 11.9 Å². The summed E-state index contributed by atoms with van der Waals surface area (Å²) in [6.07, 6.45) is 0. The molecule has 10 nitrogen and oxygen atoms in total. The summed E-state index contributed by atoms with van der Waals surface area (Å²) in [7, 11) is 2.40. The fourth-order valence-electron chi connectivity index (χ4n) is 2.79. The molecule has 0 aliphatic carbocycles. The molecule has 0 radical (unpaired) electrons. The quantitative estimate of drug-likeness (QED) is 0.509. The molecule has 0 aliphatic heterocycles. The van der Waals surface area contributed by atoms with Crippen LogP contribution in [0.3, 0.4) is 0 Å². The third-order valence-electron chi connectivity index (χ3n) is 4.41. The first-order valence-electron chi connectivity index (χ1n) is 9.43. The Balaban J connectivity index is 1.71. The van der Waals surface area contributed by atoms with Crippen molar-refractivity contribution in [2.45, 2.75) is 6.04 Å². The van der Waals surface area contributed by atoms with Crippen LogP contribution in [0.2, 0.25) is 0 Å². The molecule has 3 aromatic rings. The van der Waals surface area contributed by atoms with Gasteiger partial charge in [-0.1, -0.05) is 30.3 Å². The number of hydrogen-bond acceptors (Lipinski definition) is 8. The van der Waals surface area contributed by atoms with Crippen LogP contribution in [-0.2, 0) is 9.47 Å². The second kappa shape index (κ2) is 10.1. The van der Waals surface area contributed by atoms with Gasteiger partial charge in [-0.05, 0) is 29.8 Å². The van der Waals surface area contributed by atoms with Gasteiger partial charge in [0, 0.05) is 6.54 Å². The van der Waals surface area contributed by atoms with Gasteiger partial charge < -0.3 is 28.9 Å². The summed E-state index contributed by atoms with van der Waals surface area (Å²) in [4.78, 5) is 48.1. The van der Waals surface area contributed by atoms with Gasteiger partial charge in [-0.25, -0.2) is 9.59 Å². The highest BCUT2D eigenvalue weighted by atomic mass is 16.5. The third-order valence-corrected chi connectivity index (χ3v) is 4.41. The van der Waals surface area contributed by atoms with E-state index >= 15 is 0 Å². The Bertz CT molecular complexity index is 1120. The van der Waals surface area contributed by atoms with Crippen LogP contribution in [0.1, 0.15) is 53.8 Å². The monoisotopic (exact) mass is 440 g/mol. The standard InChI is InChI=1S/C22H20N2O8/c1-29-21(27)17-10-8-15(31-17)19(25)23-12-14(13-6-4-3-5-7-13)24-20(26)16-9-11-18(32-16)22(28)30-2/h3-11,14H,12H2,1-2H3,(H,23,25)(H,24,26)/t14-/m0/s1. The molecular formula is C22H20N2O8. The smallest absolute Gasteiger partial charge is 0.373 e. The molecule has 2 N–H and O–H groups in total. The number of rotatable bonds is 8. The molecule has 2 heterocycles. The van der Waals surface area contributed by atoms with Crippen LogP contribution in [0.4, 0.5) is 0 Å². The van der Waals surface area contributed by atoms with E-state index in [1.165, 1.54) is 38.5 Å². The number of amides is 2. The normalized spacial score (nSPS) is 11.3. The van der Waals surface area contributed by atoms with E-state index in [1.807, 2.05) is 6.07 Å². The number of nitrogens with one attached hydrogen (secondary N) is 2. The Labute approximate surface area is 182 Å². The molecule has 0 fully saturated rings. The van der Waals surface area contributed by atoms with Crippen LogP contribution < -0.4 is 10.6 Å². The maximum Gasteiger partial charge on any atom is 0.373 e. The molecule has 32 heavy (non-hydrogen) atoms. The molecule has 0 aliphatic rings. The van der Waals surface area contributed by atoms with Crippen molar-refractivity contribution in [3.05, 3.63) is 83.2 Å². The van der Waals surface area contributed by atoms with E-state index in [0.717, 1.165) is 5.56 Å². The van der Waals surface area contributed by atoms with E-state index in [4.69, 9.17) is 8.83 Å². The summed E-state index contributed by atoms with van der Waals surface area (Å²) in [6.45, 7) is 0.00735. The molecule has 3 rings (SSSR count). The lowest BCUT2D eigenvalue weighted by atomic mass is 10.1. The van der Waals surface area contributed by atoms with E-state index < -0.39 is 29.8 Å². The highest BCUT2D eigenvalue weighted by Crippen LogP contribution is 2.16. The van der Waals surface area contributed by atoms with E-state index in [2.05, 4.69) is 20.1 Å². The third kappa shape index (κ3) is 5.22. The molecule has 0 spiro atoms. The van der Waals surface area contributed by atoms with Gasteiger partial charge in [-0.3, -0.25) is 9.59 Å². The van der Waals surface area contributed by atoms with Gasteiger partial charge in [0.05, 0.1) is 20.3 Å². The Morgan fingerprint density at radius 3 is 1.78 bits per heavy atom. The minimum atomic E-state index is -0.708. The molecule has 2 amide bonds. The fourth-order valence-corrected chi connectivity index (χ4v) is 2.79. The lowest BCUT2D eigenvalue weighted by Gasteiger charge is -2.19. The number of hydrogen-bond donors (Lipinski definition) is 2. The van der Waals surface area contributed by atoms with Crippen LogP contribution >= 0.6 is 0 Å². The van der Waals surface area contributed by atoms with E-state index in [-0.39, 0.29) is 29.6 Å². The number of methoxy groups -OCH3 is 2. The topological polar surface area (TPSA) is 137 Å². The average Bonchev–Trinajstić information content (AvgIpc) is 3.51. The number of esters is 2. The van der Waals surface area contributed by atoms with E-state index in [0.29, 0.717) is 0 Å². The molecule has 0 bridgehead atoms. The molecule has 0 saturated carbocycles. The lowest BCUT2D eigenvalue weighted by molar-refractivity contribution is 0.0553. The summed E-state index contributed by atoms with van der Waals surface area (Å²) in [6, 6.07) is 13.7. The van der Waals surface area contributed by atoms with Gasteiger partial charge in [-0.15, -0.1) is 0 Å². The predicted octanol–water partition coefficient (Wildman–Crippen LogP) is 2.35. The number of carbonyl (C=O) groups is 4. The van der Waals surface area contributed by atoms with Crippen molar-refractivity contribution >= 4 is 23.8 Å². The molecule has 1 aromatic carbocycles. The highest BCUT2D eigenvalue weighted by Gasteiger charge is 2.22. The Kier molecular flexibility index (Phi) is 7.06. The summed E-state index contributed by atoms with van der Waals surface area (Å²) in [5.74, 6) is -2.98. The van der Waals surface area contributed by atoms with Crippen molar-refractivity contribution in [3.8, 4) is 0 Å². The zero-order valence-electron chi connectivity index (χ0n) is 17.2. The minimum absolute atomic E-state index is 0.00735. The number of carbonyl (C=O) groups excluding carboxylic acids is 4. The van der Waals surface area contributed by atoms with Gasteiger partial charge in [0.15, 0.2) is 11.5 Å². The molecule has 10 heteroatoms. The second-order valence-corrected chi connectivity index (χ2v) is 6.46. The molecular weight excluding hydrogens is 420 g/mol. The van der Waals surface area contributed by atoms with Crippen molar-refractivity contribution in [2.24, 2.45) is 0 Å². The Morgan fingerprint density at radius 1 is 0.750 bits per heavy atom. The maximum absolute atomic E-state index is 12.6. The van der Waals surface area contributed by atoms with Crippen molar-refractivity contribution in [1.29, 1.82) is 0 Å². The first-order chi connectivity index (χ1) is 15.4. The number of furan rings is 2. The van der Waals surface area contributed by atoms with Crippen molar-refractivity contribution in [3.63, 3.8) is 0 Å². The van der Waals surface area contributed by atoms with Crippen LogP contribution in [-0.4, -0.2) is 44.5 Å². The number of benzene rings is 1. The lowest BCUT2D eigenvalue weighted by Crippen LogP contribution is -2.37. The van der Waals surface area contributed by atoms with Crippen molar-refractivity contribution < 1.29 is 37.5 Å². The highest BCUT2D eigenvalue weighted by molar-refractivity contribution is 5.95. The molecule has 0 saturated heterocycles. The summed E-state index contributed by atoms with van der Waals surface area (Å²) in [5.41, 5.74) is 0.718. The van der Waals surface area contributed by atoms with Gasteiger partial charge in [0.25, 0.3) is 11.8 Å². The van der Waals surface area contributed by atoms with Gasteiger partial charge in [-0.2, -0.15) is 0 Å². The first kappa shape index (κ1) is 22.3. The second-order valence-electron chi connectivity index (χ2n) is 6.46. The molecule has 0 unspecified atom stereocenters. The van der Waals surface area contributed by atoms with Crippen molar-refractivity contribution in [1.82, 2.24) is 10.6 Å². The molecule has 166 valence electrons. The van der Waals surface area contributed by atoms with E-state index in [1.54, 1.807) is 24.3 Å². The zero-order valence-corrected chi connectivity index (χ0v) is 17.2. The van der Waals surface area contributed by atoms with Gasteiger partial charge in [0.2, 0.25) is 11.5 Å². The SMILES string of the molecule is COC(=O)c1ccc(C(=O)NC[C@H](NC(=O)c2ccc(C(=O)OC)o2)c2ccccc2)o1. The molecule has 2 aromatic heterocycles. The maximum atomic E-state index is 12.6. The summed E-state index contributed by atoms with van der Waals surface area (Å²) < 4.78 is 19.5. The predicted molar refractivity (Wildman–Crippen MR) is 109 cm³/mol. The number of ether oxygens (including phenoxy) is 2. The summed E-state index contributed by atoms with van der Waals surface area (Å²) >= 11 is 0. The zero-order chi connectivity index (χ0) is 23.1. The largest absolute Gasteiger partial charge is 0.463 e. The van der Waals surface area contributed by atoms with Crippen LogP contribution in [0.5, 0.6) is 0 Å². The summed E-state index contributed by atoms with van der Waals surface area (Å²) in [5, 5.41) is 5.41. The van der Waals surface area contributed by atoms with E-state index in [9.17, 15) is 19.2 Å². The first-order valence-corrected chi connectivity index (χ1v) is 9.43. The van der Waals surface area contributed by atoms with Crippen LogP contribution in [0, 0.1) is 0 Å². The Morgan fingerprint density at radius 2 is 1.25 bits per heavy atom. The van der Waals surface area contributed by atoms with Crippen LogP contribution in [0.25, 0.3) is 0 Å². The average molecular weight is 440 g/mol.